The van der Waals surface area contributed by atoms with Gasteiger partial charge in [-0.2, -0.15) is 0 Å². The van der Waals surface area contributed by atoms with E-state index in [9.17, 15) is 4.79 Å². The van der Waals surface area contributed by atoms with Crippen molar-refractivity contribution in [3.8, 4) is 5.75 Å². The van der Waals surface area contributed by atoms with Crippen LogP contribution >= 0.6 is 11.6 Å². The van der Waals surface area contributed by atoms with Crippen LogP contribution in [-0.2, 0) is 11.3 Å². The summed E-state index contributed by atoms with van der Waals surface area (Å²) < 4.78 is 5.21. The van der Waals surface area contributed by atoms with Crippen LogP contribution in [0.25, 0.3) is 0 Å². The number of methoxy groups -OCH3 is 1. The molecule has 0 aliphatic carbocycles. The smallest absolute Gasteiger partial charge is 0.236 e. The molecule has 1 aliphatic rings. The van der Waals surface area contributed by atoms with E-state index in [2.05, 4.69) is 17.0 Å². The first-order valence-electron chi connectivity index (χ1n) is 9.15. The number of ether oxygens (including phenoxy) is 1. The highest BCUT2D eigenvalue weighted by Gasteiger charge is 2.22. The molecular formula is C21H26ClN3O2. The van der Waals surface area contributed by atoms with Gasteiger partial charge in [0.05, 0.1) is 13.7 Å². The van der Waals surface area contributed by atoms with Crippen molar-refractivity contribution in [3.05, 3.63) is 59.1 Å². The Kier molecular flexibility index (Phi) is 6.58. The van der Waals surface area contributed by atoms with Crippen LogP contribution in [0.15, 0.2) is 48.5 Å². The number of rotatable bonds is 6. The number of halogens is 1. The number of piperazine rings is 1. The van der Waals surface area contributed by atoms with Crippen LogP contribution in [-0.4, -0.2) is 62.6 Å². The summed E-state index contributed by atoms with van der Waals surface area (Å²) in [6.45, 7) is 4.22. The maximum Gasteiger partial charge on any atom is 0.236 e. The van der Waals surface area contributed by atoms with Crippen molar-refractivity contribution in [3.63, 3.8) is 0 Å². The number of benzene rings is 2. The van der Waals surface area contributed by atoms with E-state index in [4.69, 9.17) is 16.3 Å². The molecule has 2 aromatic rings. The Morgan fingerprint density at radius 1 is 1.07 bits per heavy atom. The summed E-state index contributed by atoms with van der Waals surface area (Å²) >= 11 is 6.21. The fraction of sp³-hybridized carbons (Fsp3) is 0.381. The third kappa shape index (κ3) is 5.15. The number of hydrogen-bond donors (Lipinski definition) is 0. The molecule has 2 aromatic carbocycles. The number of hydrogen-bond acceptors (Lipinski definition) is 4. The first-order chi connectivity index (χ1) is 13.1. The number of amides is 1. The molecule has 0 radical (unpaired) electrons. The van der Waals surface area contributed by atoms with Crippen LogP contribution < -0.4 is 9.64 Å². The average molecular weight is 388 g/mol. The van der Waals surface area contributed by atoms with E-state index in [1.54, 1.807) is 7.11 Å². The zero-order valence-electron chi connectivity index (χ0n) is 15.9. The topological polar surface area (TPSA) is 36.0 Å². The van der Waals surface area contributed by atoms with E-state index >= 15 is 0 Å². The van der Waals surface area contributed by atoms with E-state index in [1.807, 2.05) is 53.2 Å². The molecule has 6 heteroatoms. The highest BCUT2D eigenvalue weighted by Crippen LogP contribution is 2.21. The normalized spacial score (nSPS) is 14.5. The lowest BCUT2D eigenvalue weighted by atomic mass is 10.2. The second-order valence-electron chi connectivity index (χ2n) is 6.83. The zero-order valence-corrected chi connectivity index (χ0v) is 16.7. The molecule has 27 heavy (non-hydrogen) atoms. The van der Waals surface area contributed by atoms with Crippen LogP contribution in [0.5, 0.6) is 5.75 Å². The Hall–Kier alpha value is -2.24. The Morgan fingerprint density at radius 3 is 2.37 bits per heavy atom. The highest BCUT2D eigenvalue weighted by molar-refractivity contribution is 6.31. The van der Waals surface area contributed by atoms with Gasteiger partial charge < -0.3 is 14.5 Å². The lowest BCUT2D eigenvalue weighted by Gasteiger charge is -2.36. The van der Waals surface area contributed by atoms with E-state index in [-0.39, 0.29) is 5.91 Å². The summed E-state index contributed by atoms with van der Waals surface area (Å²) in [5.41, 5.74) is 2.21. The summed E-state index contributed by atoms with van der Waals surface area (Å²) in [7, 11) is 3.62. The first kappa shape index (κ1) is 19.5. The van der Waals surface area contributed by atoms with Crippen molar-refractivity contribution >= 4 is 23.2 Å². The predicted molar refractivity (Wildman–Crippen MR) is 110 cm³/mol. The van der Waals surface area contributed by atoms with E-state index in [0.717, 1.165) is 42.5 Å². The van der Waals surface area contributed by atoms with Crippen molar-refractivity contribution in [2.75, 3.05) is 51.8 Å². The molecule has 0 aromatic heterocycles. The summed E-state index contributed by atoms with van der Waals surface area (Å²) in [4.78, 5) is 18.9. The van der Waals surface area contributed by atoms with Crippen molar-refractivity contribution in [1.29, 1.82) is 0 Å². The van der Waals surface area contributed by atoms with Gasteiger partial charge in [-0.25, -0.2) is 0 Å². The molecule has 1 amide bonds. The minimum Gasteiger partial charge on any atom is -0.497 e. The van der Waals surface area contributed by atoms with E-state index in [1.165, 1.54) is 5.69 Å². The lowest BCUT2D eigenvalue weighted by molar-refractivity contribution is -0.132. The van der Waals surface area contributed by atoms with Crippen LogP contribution in [0.3, 0.4) is 0 Å². The number of anilines is 1. The van der Waals surface area contributed by atoms with Crippen LogP contribution in [0.1, 0.15) is 5.56 Å². The molecule has 0 unspecified atom stereocenters. The standard InChI is InChI=1S/C21H26ClN3O2/c1-23(15-17-5-3-4-6-20(17)22)16-21(26)25-13-11-24(12-14-25)18-7-9-19(27-2)10-8-18/h3-10H,11-16H2,1-2H3. The van der Waals surface area contributed by atoms with Crippen molar-refractivity contribution < 1.29 is 9.53 Å². The number of likely N-dealkylation sites (N-methyl/N-ethyl adjacent to an activating group) is 1. The number of carbonyl (C=O) groups is 1. The van der Waals surface area contributed by atoms with Gasteiger partial charge in [0.15, 0.2) is 0 Å². The molecule has 1 fully saturated rings. The summed E-state index contributed by atoms with van der Waals surface area (Å²) in [6.07, 6.45) is 0. The fourth-order valence-corrected chi connectivity index (χ4v) is 3.51. The molecule has 5 nitrogen and oxygen atoms in total. The summed E-state index contributed by atoms with van der Waals surface area (Å²) in [5, 5.41) is 0.741. The van der Waals surface area contributed by atoms with Gasteiger partial charge in [-0.1, -0.05) is 29.8 Å². The minimum atomic E-state index is 0.166. The van der Waals surface area contributed by atoms with Crippen LogP contribution in [0, 0.1) is 0 Å². The first-order valence-corrected chi connectivity index (χ1v) is 9.53. The van der Waals surface area contributed by atoms with Gasteiger partial charge in [0.2, 0.25) is 5.91 Å². The van der Waals surface area contributed by atoms with Crippen molar-refractivity contribution in [1.82, 2.24) is 9.80 Å². The van der Waals surface area contributed by atoms with Crippen molar-refractivity contribution in [2.24, 2.45) is 0 Å². The lowest BCUT2D eigenvalue weighted by Crippen LogP contribution is -2.51. The zero-order chi connectivity index (χ0) is 19.2. The molecule has 0 atom stereocenters. The third-order valence-corrected chi connectivity index (χ3v) is 5.24. The second-order valence-corrected chi connectivity index (χ2v) is 7.24. The molecule has 1 heterocycles. The quantitative estimate of drug-likeness (QED) is 0.763. The van der Waals surface area contributed by atoms with Gasteiger partial charge in [0.1, 0.15) is 5.75 Å². The Labute approximate surface area is 166 Å². The van der Waals surface area contributed by atoms with E-state index in [0.29, 0.717) is 13.1 Å². The summed E-state index contributed by atoms with van der Waals surface area (Å²) in [5.74, 6) is 1.02. The van der Waals surface area contributed by atoms with Gasteiger partial charge in [-0.15, -0.1) is 0 Å². The van der Waals surface area contributed by atoms with Gasteiger partial charge in [0.25, 0.3) is 0 Å². The molecular weight excluding hydrogens is 362 g/mol. The van der Waals surface area contributed by atoms with Gasteiger partial charge in [-0.3, -0.25) is 9.69 Å². The molecule has 0 bridgehead atoms. The second kappa shape index (κ2) is 9.11. The monoisotopic (exact) mass is 387 g/mol. The Bertz CT molecular complexity index is 758. The Morgan fingerprint density at radius 2 is 1.74 bits per heavy atom. The number of carbonyl (C=O) groups excluding carboxylic acids is 1. The van der Waals surface area contributed by atoms with Gasteiger partial charge in [0, 0.05) is 43.4 Å². The van der Waals surface area contributed by atoms with E-state index < -0.39 is 0 Å². The molecule has 0 N–H and O–H groups in total. The average Bonchev–Trinajstić information content (AvgIpc) is 2.70. The molecule has 0 spiro atoms. The third-order valence-electron chi connectivity index (χ3n) is 4.87. The SMILES string of the molecule is COc1ccc(N2CCN(C(=O)CN(C)Cc3ccccc3Cl)CC2)cc1. The van der Waals surface area contributed by atoms with Crippen LogP contribution in [0.2, 0.25) is 5.02 Å². The Balaban J connectivity index is 1.48. The maximum absolute atomic E-state index is 12.6. The minimum absolute atomic E-state index is 0.166. The molecule has 0 saturated carbocycles. The molecule has 3 rings (SSSR count). The van der Waals surface area contributed by atoms with Crippen molar-refractivity contribution in [2.45, 2.75) is 6.54 Å². The van der Waals surface area contributed by atoms with Gasteiger partial charge >= 0.3 is 0 Å². The molecule has 144 valence electrons. The maximum atomic E-state index is 12.6. The van der Waals surface area contributed by atoms with Gasteiger partial charge in [-0.05, 0) is 42.9 Å². The fourth-order valence-electron chi connectivity index (χ4n) is 3.31. The number of nitrogens with zero attached hydrogens (tertiary/aromatic N) is 3. The highest BCUT2D eigenvalue weighted by atomic mass is 35.5. The molecule has 1 saturated heterocycles. The largest absolute Gasteiger partial charge is 0.497 e. The predicted octanol–water partition coefficient (Wildman–Crippen LogP) is 3.13. The summed E-state index contributed by atoms with van der Waals surface area (Å²) in [6, 6.07) is 15.8. The van der Waals surface area contributed by atoms with Crippen LogP contribution in [0.4, 0.5) is 5.69 Å². The molecule has 1 aliphatic heterocycles.